The van der Waals surface area contributed by atoms with E-state index >= 15 is 0 Å². The lowest BCUT2D eigenvalue weighted by Crippen LogP contribution is -2.43. The van der Waals surface area contributed by atoms with Crippen molar-refractivity contribution in [2.45, 2.75) is 32.2 Å². The van der Waals surface area contributed by atoms with Crippen LogP contribution in [0.3, 0.4) is 0 Å². The molecule has 1 aliphatic carbocycles. The lowest BCUT2D eigenvalue weighted by molar-refractivity contribution is -0.126. The largest absolute Gasteiger partial charge is 0.508 e. The quantitative estimate of drug-likeness (QED) is 0.872. The average Bonchev–Trinajstić information content (AvgIpc) is 3.32. The molecule has 1 saturated carbocycles. The molecular weight excluding hydrogens is 264 g/mol. The third kappa shape index (κ3) is 4.21. The van der Waals surface area contributed by atoms with Crippen molar-refractivity contribution in [1.82, 2.24) is 10.2 Å². The van der Waals surface area contributed by atoms with E-state index < -0.39 is 0 Å². The molecule has 0 radical (unpaired) electrons. The number of rotatable bonds is 5. The van der Waals surface area contributed by atoms with Crippen LogP contribution >= 0.6 is 0 Å². The van der Waals surface area contributed by atoms with Gasteiger partial charge in [0.15, 0.2) is 0 Å². The fourth-order valence-electron chi connectivity index (χ4n) is 2.98. The Kier molecular flexibility index (Phi) is 4.44. The predicted molar refractivity (Wildman–Crippen MR) is 81.8 cm³/mol. The summed E-state index contributed by atoms with van der Waals surface area (Å²) in [7, 11) is 0. The molecule has 4 heteroatoms. The highest BCUT2D eigenvalue weighted by atomic mass is 16.3. The van der Waals surface area contributed by atoms with Gasteiger partial charge in [-0.2, -0.15) is 0 Å². The molecule has 1 aromatic rings. The Morgan fingerprint density at radius 2 is 2.00 bits per heavy atom. The second-order valence-corrected chi connectivity index (χ2v) is 6.43. The van der Waals surface area contributed by atoms with E-state index in [0.29, 0.717) is 5.75 Å². The van der Waals surface area contributed by atoms with Gasteiger partial charge in [-0.1, -0.05) is 12.1 Å². The monoisotopic (exact) mass is 288 g/mol. The van der Waals surface area contributed by atoms with Crippen molar-refractivity contribution in [1.29, 1.82) is 0 Å². The van der Waals surface area contributed by atoms with Gasteiger partial charge < -0.3 is 10.4 Å². The lowest BCUT2D eigenvalue weighted by Gasteiger charge is -2.32. The highest BCUT2D eigenvalue weighted by Crippen LogP contribution is 2.28. The maximum atomic E-state index is 12.2. The second kappa shape index (κ2) is 6.48. The Morgan fingerprint density at radius 1 is 1.24 bits per heavy atom. The van der Waals surface area contributed by atoms with Gasteiger partial charge in [-0.15, -0.1) is 0 Å². The van der Waals surface area contributed by atoms with Crippen molar-refractivity contribution in [2.75, 3.05) is 19.6 Å². The first-order valence-corrected chi connectivity index (χ1v) is 7.98. The van der Waals surface area contributed by atoms with E-state index in [1.165, 1.54) is 18.4 Å². The van der Waals surface area contributed by atoms with Gasteiger partial charge in [0.25, 0.3) is 0 Å². The number of aromatic hydroxyl groups is 1. The Balaban J connectivity index is 1.49. The van der Waals surface area contributed by atoms with E-state index in [9.17, 15) is 9.90 Å². The SMILES string of the molecule is O=C(NCC1CC1)C1CCCN(Cc2ccc(O)cc2)C1. The first kappa shape index (κ1) is 14.4. The number of carbonyl (C=O) groups is 1. The summed E-state index contributed by atoms with van der Waals surface area (Å²) >= 11 is 0. The average molecular weight is 288 g/mol. The minimum absolute atomic E-state index is 0.134. The maximum Gasteiger partial charge on any atom is 0.224 e. The van der Waals surface area contributed by atoms with Gasteiger partial charge in [0.05, 0.1) is 5.92 Å². The van der Waals surface area contributed by atoms with Crippen molar-refractivity contribution in [3.63, 3.8) is 0 Å². The van der Waals surface area contributed by atoms with Crippen LogP contribution in [0, 0.1) is 11.8 Å². The molecule has 1 atom stereocenters. The zero-order chi connectivity index (χ0) is 14.7. The molecule has 1 heterocycles. The Hall–Kier alpha value is -1.55. The molecule has 2 fully saturated rings. The van der Waals surface area contributed by atoms with Crippen LogP contribution in [-0.2, 0) is 11.3 Å². The molecule has 1 unspecified atom stereocenters. The van der Waals surface area contributed by atoms with Gasteiger partial charge in [0.2, 0.25) is 5.91 Å². The van der Waals surface area contributed by atoms with E-state index in [1.807, 2.05) is 12.1 Å². The Labute approximate surface area is 126 Å². The molecule has 0 aromatic heterocycles. The number of piperidine rings is 1. The molecule has 114 valence electrons. The zero-order valence-corrected chi connectivity index (χ0v) is 12.4. The molecule has 1 aliphatic heterocycles. The summed E-state index contributed by atoms with van der Waals surface area (Å²) in [4.78, 5) is 14.5. The number of hydrogen-bond donors (Lipinski definition) is 2. The van der Waals surface area contributed by atoms with Crippen LogP contribution in [0.4, 0.5) is 0 Å². The van der Waals surface area contributed by atoms with Crippen LogP contribution in [0.25, 0.3) is 0 Å². The molecule has 4 nitrogen and oxygen atoms in total. The Bertz CT molecular complexity index is 482. The number of likely N-dealkylation sites (tertiary alicyclic amines) is 1. The van der Waals surface area contributed by atoms with Gasteiger partial charge in [-0.05, 0) is 55.8 Å². The molecule has 2 N–H and O–H groups in total. The number of hydrogen-bond acceptors (Lipinski definition) is 3. The minimum atomic E-state index is 0.134. The van der Waals surface area contributed by atoms with Crippen molar-refractivity contribution in [3.05, 3.63) is 29.8 Å². The molecular formula is C17H24N2O2. The number of phenols is 1. The number of amides is 1. The van der Waals surface area contributed by atoms with Crippen LogP contribution in [0.2, 0.25) is 0 Å². The van der Waals surface area contributed by atoms with Gasteiger partial charge in [-0.25, -0.2) is 0 Å². The van der Waals surface area contributed by atoms with Gasteiger partial charge in [0.1, 0.15) is 5.75 Å². The highest BCUT2D eigenvalue weighted by molar-refractivity contribution is 5.79. The lowest BCUT2D eigenvalue weighted by atomic mass is 9.96. The van der Waals surface area contributed by atoms with E-state index in [4.69, 9.17) is 0 Å². The van der Waals surface area contributed by atoms with Crippen LogP contribution < -0.4 is 5.32 Å². The van der Waals surface area contributed by atoms with E-state index in [-0.39, 0.29) is 11.8 Å². The third-order valence-electron chi connectivity index (χ3n) is 4.48. The zero-order valence-electron chi connectivity index (χ0n) is 12.4. The molecule has 0 bridgehead atoms. The summed E-state index contributed by atoms with van der Waals surface area (Å²) < 4.78 is 0. The number of nitrogens with zero attached hydrogens (tertiary/aromatic N) is 1. The highest BCUT2D eigenvalue weighted by Gasteiger charge is 2.27. The summed E-state index contributed by atoms with van der Waals surface area (Å²) in [5.74, 6) is 1.41. The molecule has 0 spiro atoms. The Morgan fingerprint density at radius 3 is 2.71 bits per heavy atom. The summed E-state index contributed by atoms with van der Waals surface area (Å²) in [6.07, 6.45) is 4.64. The fourth-order valence-corrected chi connectivity index (χ4v) is 2.98. The summed E-state index contributed by atoms with van der Waals surface area (Å²) in [6.45, 7) is 3.62. The summed E-state index contributed by atoms with van der Waals surface area (Å²) in [5, 5.41) is 12.4. The molecule has 1 aromatic carbocycles. The number of phenolic OH excluding ortho intramolecular Hbond substituents is 1. The normalized spacial score (nSPS) is 23.0. The van der Waals surface area contributed by atoms with Gasteiger partial charge >= 0.3 is 0 Å². The van der Waals surface area contributed by atoms with E-state index in [0.717, 1.165) is 44.9 Å². The van der Waals surface area contributed by atoms with E-state index in [1.54, 1.807) is 12.1 Å². The van der Waals surface area contributed by atoms with Gasteiger partial charge in [-0.3, -0.25) is 9.69 Å². The van der Waals surface area contributed by atoms with Crippen molar-refractivity contribution in [3.8, 4) is 5.75 Å². The predicted octanol–water partition coefficient (Wildman–Crippen LogP) is 2.13. The van der Waals surface area contributed by atoms with Gasteiger partial charge in [0, 0.05) is 19.6 Å². The summed E-state index contributed by atoms with van der Waals surface area (Å²) in [6, 6.07) is 7.34. The standard InChI is InChI=1S/C17H24N2O2/c20-16-7-5-14(6-8-16)11-19-9-1-2-15(12-19)17(21)18-10-13-3-4-13/h5-8,13,15,20H,1-4,9-12H2,(H,18,21). The fraction of sp³-hybridized carbons (Fsp3) is 0.588. The molecule has 21 heavy (non-hydrogen) atoms. The number of nitrogens with one attached hydrogen (secondary N) is 1. The first-order chi connectivity index (χ1) is 10.2. The van der Waals surface area contributed by atoms with Crippen LogP contribution in [0.15, 0.2) is 24.3 Å². The smallest absolute Gasteiger partial charge is 0.224 e. The van der Waals surface area contributed by atoms with Crippen LogP contribution in [0.5, 0.6) is 5.75 Å². The van der Waals surface area contributed by atoms with Crippen LogP contribution in [-0.4, -0.2) is 35.5 Å². The summed E-state index contributed by atoms with van der Waals surface area (Å²) in [5.41, 5.74) is 1.19. The number of carbonyl (C=O) groups excluding carboxylic acids is 1. The molecule has 1 saturated heterocycles. The van der Waals surface area contributed by atoms with Crippen molar-refractivity contribution >= 4 is 5.91 Å². The van der Waals surface area contributed by atoms with Crippen molar-refractivity contribution < 1.29 is 9.90 Å². The third-order valence-corrected chi connectivity index (χ3v) is 4.48. The topological polar surface area (TPSA) is 52.6 Å². The first-order valence-electron chi connectivity index (χ1n) is 7.98. The molecule has 1 amide bonds. The van der Waals surface area contributed by atoms with Crippen molar-refractivity contribution in [2.24, 2.45) is 11.8 Å². The maximum absolute atomic E-state index is 12.2. The van der Waals surface area contributed by atoms with Crippen LogP contribution in [0.1, 0.15) is 31.2 Å². The molecule has 3 rings (SSSR count). The minimum Gasteiger partial charge on any atom is -0.508 e. The molecule has 2 aliphatic rings. The second-order valence-electron chi connectivity index (χ2n) is 6.43. The number of benzene rings is 1. The van der Waals surface area contributed by atoms with E-state index in [2.05, 4.69) is 10.2 Å².